The van der Waals surface area contributed by atoms with Crippen LogP contribution in [0.4, 0.5) is 18.9 Å². The van der Waals surface area contributed by atoms with Gasteiger partial charge in [0.1, 0.15) is 0 Å². The lowest BCUT2D eigenvalue weighted by atomic mass is 10.2. The fourth-order valence-corrected chi connectivity index (χ4v) is 2.43. The van der Waals surface area contributed by atoms with E-state index in [1.165, 1.54) is 24.3 Å². The van der Waals surface area contributed by atoms with Crippen molar-refractivity contribution in [3.8, 4) is 0 Å². The number of amides is 1. The van der Waals surface area contributed by atoms with E-state index in [1.807, 2.05) is 0 Å². The number of rotatable bonds is 3. The van der Waals surface area contributed by atoms with E-state index < -0.39 is 27.5 Å². The Hall–Kier alpha value is -2.35. The van der Waals surface area contributed by atoms with Crippen molar-refractivity contribution in [3.63, 3.8) is 0 Å². The fraction of sp³-hybridized carbons (Fsp3) is 0.133. The number of benzene rings is 2. The van der Waals surface area contributed by atoms with Crippen LogP contribution in [-0.4, -0.2) is 20.6 Å². The minimum absolute atomic E-state index is 0.0728. The van der Waals surface area contributed by atoms with Crippen LogP contribution in [0.15, 0.2) is 53.4 Å². The number of halogens is 3. The SMILES string of the molecule is CS(=O)(=O)c1ccc(C(=O)Nc2ccc(C(F)(F)F)cc2)cc1. The first-order chi connectivity index (χ1) is 10.6. The Morgan fingerprint density at radius 1 is 0.957 bits per heavy atom. The zero-order chi connectivity index (χ0) is 17.3. The average Bonchev–Trinajstić information content (AvgIpc) is 2.46. The van der Waals surface area contributed by atoms with E-state index in [1.54, 1.807) is 0 Å². The Bertz CT molecular complexity index is 811. The molecule has 0 saturated carbocycles. The Morgan fingerprint density at radius 2 is 1.48 bits per heavy atom. The van der Waals surface area contributed by atoms with Crippen molar-refractivity contribution in [1.82, 2.24) is 0 Å². The summed E-state index contributed by atoms with van der Waals surface area (Å²) in [5.41, 5.74) is -0.416. The molecule has 0 heterocycles. The third-order valence-corrected chi connectivity index (χ3v) is 4.14. The number of anilines is 1. The smallest absolute Gasteiger partial charge is 0.322 e. The highest BCUT2D eigenvalue weighted by Gasteiger charge is 2.29. The van der Waals surface area contributed by atoms with Crippen LogP contribution in [0.25, 0.3) is 0 Å². The Labute approximate surface area is 130 Å². The molecule has 0 spiro atoms. The lowest BCUT2D eigenvalue weighted by Crippen LogP contribution is -2.12. The third kappa shape index (κ3) is 4.32. The van der Waals surface area contributed by atoms with Gasteiger partial charge in [0.25, 0.3) is 5.91 Å². The van der Waals surface area contributed by atoms with Crippen LogP contribution in [0.5, 0.6) is 0 Å². The lowest BCUT2D eigenvalue weighted by molar-refractivity contribution is -0.137. The van der Waals surface area contributed by atoms with Crippen LogP contribution >= 0.6 is 0 Å². The summed E-state index contributed by atoms with van der Waals surface area (Å²) < 4.78 is 60.0. The van der Waals surface area contributed by atoms with Crippen molar-refractivity contribution in [2.45, 2.75) is 11.1 Å². The third-order valence-electron chi connectivity index (χ3n) is 3.01. The normalized spacial score (nSPS) is 12.0. The summed E-state index contributed by atoms with van der Waals surface area (Å²) in [5.74, 6) is -0.551. The van der Waals surface area contributed by atoms with E-state index in [-0.39, 0.29) is 16.1 Å². The second kappa shape index (κ2) is 6.04. The number of carbonyl (C=O) groups is 1. The van der Waals surface area contributed by atoms with Gasteiger partial charge in [-0.05, 0) is 48.5 Å². The largest absolute Gasteiger partial charge is 0.416 e. The molecular formula is C15H12F3NO3S. The van der Waals surface area contributed by atoms with Gasteiger partial charge >= 0.3 is 6.18 Å². The Balaban J connectivity index is 2.13. The summed E-state index contributed by atoms with van der Waals surface area (Å²) in [6.45, 7) is 0. The van der Waals surface area contributed by atoms with Gasteiger partial charge in [-0.1, -0.05) is 0 Å². The molecule has 0 fully saturated rings. The van der Waals surface area contributed by atoms with Gasteiger partial charge < -0.3 is 5.32 Å². The van der Waals surface area contributed by atoms with Gasteiger partial charge in [-0.15, -0.1) is 0 Å². The number of sulfone groups is 1. The zero-order valence-electron chi connectivity index (χ0n) is 11.9. The predicted octanol–water partition coefficient (Wildman–Crippen LogP) is 3.36. The van der Waals surface area contributed by atoms with Gasteiger partial charge in [0.15, 0.2) is 9.84 Å². The lowest BCUT2D eigenvalue weighted by Gasteiger charge is -2.09. The monoisotopic (exact) mass is 343 g/mol. The van der Waals surface area contributed by atoms with Gasteiger partial charge in [0.2, 0.25) is 0 Å². The standard InChI is InChI=1S/C15H12F3NO3S/c1-23(21,22)13-8-2-10(3-9-13)14(20)19-12-6-4-11(5-7-12)15(16,17)18/h2-9H,1H3,(H,19,20). The predicted molar refractivity (Wildman–Crippen MR) is 78.9 cm³/mol. The van der Waals surface area contributed by atoms with Crippen molar-refractivity contribution in [2.75, 3.05) is 11.6 Å². The maximum Gasteiger partial charge on any atom is 0.416 e. The van der Waals surface area contributed by atoms with E-state index >= 15 is 0 Å². The summed E-state index contributed by atoms with van der Waals surface area (Å²) in [6, 6.07) is 9.25. The van der Waals surface area contributed by atoms with Crippen LogP contribution < -0.4 is 5.32 Å². The summed E-state index contributed by atoms with van der Waals surface area (Å²) >= 11 is 0. The maximum atomic E-state index is 12.4. The molecule has 4 nitrogen and oxygen atoms in total. The summed E-state index contributed by atoms with van der Waals surface area (Å²) in [4.78, 5) is 12.0. The van der Waals surface area contributed by atoms with Crippen LogP contribution in [0.2, 0.25) is 0 Å². The molecule has 2 aromatic rings. The van der Waals surface area contributed by atoms with Crippen molar-refractivity contribution in [1.29, 1.82) is 0 Å². The molecule has 2 rings (SSSR count). The van der Waals surface area contributed by atoms with Crippen LogP contribution in [-0.2, 0) is 16.0 Å². The highest BCUT2D eigenvalue weighted by atomic mass is 32.2. The average molecular weight is 343 g/mol. The van der Waals surface area contributed by atoms with Gasteiger partial charge in [0, 0.05) is 17.5 Å². The number of alkyl halides is 3. The number of carbonyl (C=O) groups excluding carboxylic acids is 1. The molecule has 0 aliphatic carbocycles. The zero-order valence-corrected chi connectivity index (χ0v) is 12.7. The first-order valence-corrected chi connectivity index (χ1v) is 8.25. The summed E-state index contributed by atoms with van der Waals surface area (Å²) in [5, 5.41) is 2.44. The second-order valence-corrected chi connectivity index (χ2v) is 6.84. The molecule has 1 amide bonds. The summed E-state index contributed by atoms with van der Waals surface area (Å²) in [7, 11) is -3.36. The Morgan fingerprint density at radius 3 is 1.91 bits per heavy atom. The summed E-state index contributed by atoms with van der Waals surface area (Å²) in [6.07, 6.45) is -3.39. The molecule has 0 radical (unpaired) electrons. The van der Waals surface area contributed by atoms with Crippen molar-refractivity contribution >= 4 is 21.4 Å². The van der Waals surface area contributed by atoms with E-state index in [2.05, 4.69) is 5.32 Å². The first kappa shape index (κ1) is 17.0. The first-order valence-electron chi connectivity index (χ1n) is 6.36. The number of hydrogen-bond acceptors (Lipinski definition) is 3. The molecule has 0 unspecified atom stereocenters. The molecule has 0 aromatic heterocycles. The molecule has 0 atom stereocenters. The fourth-order valence-electron chi connectivity index (χ4n) is 1.80. The van der Waals surface area contributed by atoms with Crippen molar-refractivity contribution < 1.29 is 26.4 Å². The van der Waals surface area contributed by atoms with Crippen LogP contribution in [0, 0.1) is 0 Å². The van der Waals surface area contributed by atoms with Crippen molar-refractivity contribution in [2.24, 2.45) is 0 Å². The molecule has 0 aliphatic rings. The highest BCUT2D eigenvalue weighted by molar-refractivity contribution is 7.90. The van der Waals surface area contributed by atoms with Gasteiger partial charge in [-0.2, -0.15) is 13.2 Å². The molecule has 0 saturated heterocycles. The van der Waals surface area contributed by atoms with Crippen molar-refractivity contribution in [3.05, 3.63) is 59.7 Å². The second-order valence-electron chi connectivity index (χ2n) is 4.83. The van der Waals surface area contributed by atoms with Gasteiger partial charge in [0.05, 0.1) is 10.5 Å². The van der Waals surface area contributed by atoms with Gasteiger partial charge in [-0.25, -0.2) is 8.42 Å². The maximum absolute atomic E-state index is 12.4. The highest BCUT2D eigenvalue weighted by Crippen LogP contribution is 2.29. The van der Waals surface area contributed by atoms with E-state index in [0.29, 0.717) is 0 Å². The van der Waals surface area contributed by atoms with E-state index in [0.717, 1.165) is 30.5 Å². The molecule has 122 valence electrons. The van der Waals surface area contributed by atoms with E-state index in [9.17, 15) is 26.4 Å². The minimum Gasteiger partial charge on any atom is -0.322 e. The Kier molecular flexibility index (Phi) is 4.46. The molecule has 1 N–H and O–H groups in total. The number of nitrogens with one attached hydrogen (secondary N) is 1. The van der Waals surface area contributed by atoms with E-state index in [4.69, 9.17) is 0 Å². The molecule has 0 bridgehead atoms. The van der Waals surface area contributed by atoms with Gasteiger partial charge in [-0.3, -0.25) is 4.79 Å². The molecule has 8 heteroatoms. The molecule has 23 heavy (non-hydrogen) atoms. The van der Waals surface area contributed by atoms with Crippen LogP contribution in [0.1, 0.15) is 15.9 Å². The molecule has 0 aliphatic heterocycles. The molecular weight excluding hydrogens is 331 g/mol. The minimum atomic E-state index is -4.44. The molecule has 2 aromatic carbocycles. The topological polar surface area (TPSA) is 63.2 Å². The number of hydrogen-bond donors (Lipinski definition) is 1. The van der Waals surface area contributed by atoms with Crippen LogP contribution in [0.3, 0.4) is 0 Å². The quantitative estimate of drug-likeness (QED) is 0.929.